The highest BCUT2D eigenvalue weighted by Gasteiger charge is 2.21. The van der Waals surface area contributed by atoms with Crippen LogP contribution in [-0.4, -0.2) is 27.7 Å². The fourth-order valence-electron chi connectivity index (χ4n) is 2.64. The van der Waals surface area contributed by atoms with Gasteiger partial charge in [-0.15, -0.1) is 0 Å². The number of imidazole rings is 1. The predicted molar refractivity (Wildman–Crippen MR) is 106 cm³/mol. The Hall–Kier alpha value is -2.86. The Balaban J connectivity index is 1.86. The van der Waals surface area contributed by atoms with Crippen LogP contribution in [0.4, 0.5) is 5.69 Å². The average Bonchev–Trinajstić information content (AvgIpc) is 3.03. The van der Waals surface area contributed by atoms with E-state index in [1.165, 1.54) is 0 Å². The van der Waals surface area contributed by atoms with Crippen LogP contribution in [0.25, 0.3) is 5.52 Å². The molecule has 0 aliphatic rings. The first-order chi connectivity index (χ1) is 13.0. The van der Waals surface area contributed by atoms with Gasteiger partial charge in [0.15, 0.2) is 5.69 Å². The minimum Gasteiger partial charge on any atom is -0.349 e. The molecule has 3 aromatic rings. The first-order valence-electron chi connectivity index (χ1n) is 8.78. The molecule has 2 aromatic heterocycles. The molecule has 0 bridgehead atoms. The third-order valence-electron chi connectivity index (χ3n) is 4.08. The van der Waals surface area contributed by atoms with Gasteiger partial charge in [-0.2, -0.15) is 0 Å². The molecular weight excluding hydrogens is 364 g/mol. The first kappa shape index (κ1) is 18.9. The highest BCUT2D eigenvalue weighted by molar-refractivity contribution is 6.30. The van der Waals surface area contributed by atoms with Crippen LogP contribution >= 0.6 is 11.6 Å². The highest BCUT2D eigenvalue weighted by Crippen LogP contribution is 2.17. The van der Waals surface area contributed by atoms with Crippen LogP contribution in [0.5, 0.6) is 0 Å². The number of halogens is 1. The third-order valence-corrected chi connectivity index (χ3v) is 4.33. The maximum Gasteiger partial charge on any atom is 0.287 e. The molecule has 7 heteroatoms. The van der Waals surface area contributed by atoms with E-state index in [1.54, 1.807) is 53.1 Å². The predicted octanol–water partition coefficient (Wildman–Crippen LogP) is 4.02. The Kier molecular flexibility index (Phi) is 5.76. The summed E-state index contributed by atoms with van der Waals surface area (Å²) in [4.78, 5) is 29.5. The van der Waals surface area contributed by atoms with Crippen LogP contribution in [0, 0.1) is 5.92 Å². The van der Waals surface area contributed by atoms with Gasteiger partial charge in [0.2, 0.25) is 5.82 Å². The number of nitrogens with zero attached hydrogens (tertiary/aromatic N) is 2. The van der Waals surface area contributed by atoms with Crippen molar-refractivity contribution in [3.8, 4) is 0 Å². The molecule has 0 saturated heterocycles. The van der Waals surface area contributed by atoms with Crippen LogP contribution < -0.4 is 10.6 Å². The summed E-state index contributed by atoms with van der Waals surface area (Å²) in [7, 11) is 0. The van der Waals surface area contributed by atoms with Crippen LogP contribution in [-0.2, 0) is 0 Å². The number of pyridine rings is 1. The van der Waals surface area contributed by atoms with Crippen molar-refractivity contribution in [3.63, 3.8) is 0 Å². The molecule has 140 valence electrons. The van der Waals surface area contributed by atoms with E-state index in [1.807, 2.05) is 0 Å². The maximum absolute atomic E-state index is 12.7. The number of carbonyl (C=O) groups excluding carboxylic acids is 2. The molecule has 0 aliphatic carbocycles. The van der Waals surface area contributed by atoms with Crippen LogP contribution in [0.15, 0.2) is 48.7 Å². The molecule has 0 radical (unpaired) electrons. The maximum atomic E-state index is 12.7. The van der Waals surface area contributed by atoms with Gasteiger partial charge in [-0.25, -0.2) is 4.98 Å². The Labute approximate surface area is 162 Å². The van der Waals surface area contributed by atoms with Crippen molar-refractivity contribution >= 4 is 34.6 Å². The fourth-order valence-corrected chi connectivity index (χ4v) is 2.77. The molecule has 0 saturated carbocycles. The number of benzene rings is 1. The van der Waals surface area contributed by atoms with Gasteiger partial charge in [-0.05, 0) is 48.7 Å². The van der Waals surface area contributed by atoms with E-state index in [9.17, 15) is 9.59 Å². The van der Waals surface area contributed by atoms with E-state index in [4.69, 9.17) is 11.6 Å². The second kappa shape index (κ2) is 8.22. The van der Waals surface area contributed by atoms with E-state index < -0.39 is 0 Å². The number of aromatic nitrogens is 2. The van der Waals surface area contributed by atoms with Gasteiger partial charge in [-0.3, -0.25) is 14.0 Å². The summed E-state index contributed by atoms with van der Waals surface area (Å²) in [6.07, 6.45) is 2.59. The minimum atomic E-state index is -0.387. The minimum absolute atomic E-state index is 0.190. The Morgan fingerprint density at radius 1 is 1.11 bits per heavy atom. The smallest absolute Gasteiger partial charge is 0.287 e. The largest absolute Gasteiger partial charge is 0.349 e. The van der Waals surface area contributed by atoms with Crippen molar-refractivity contribution in [3.05, 3.63) is 65.2 Å². The number of fused-ring (bicyclic) bond motifs is 1. The molecule has 2 N–H and O–H groups in total. The van der Waals surface area contributed by atoms with E-state index in [2.05, 4.69) is 29.5 Å². The standard InChI is InChI=1S/C20H21ClN4O2/c1-13(2)10-11-22-20(27)18-24-17(16-5-3-4-12-25(16)18)19(26)23-15-8-6-14(21)7-9-15/h3-9,12-13H,10-11H2,1-2H3,(H,22,27)(H,23,26). The van der Waals surface area contributed by atoms with Crippen molar-refractivity contribution in [1.82, 2.24) is 14.7 Å². The lowest BCUT2D eigenvalue weighted by molar-refractivity contribution is 0.0941. The SMILES string of the molecule is CC(C)CCNC(=O)c1nc(C(=O)Nc2ccc(Cl)cc2)c2ccccn12. The Bertz CT molecular complexity index is 964. The molecular formula is C20H21ClN4O2. The summed E-state index contributed by atoms with van der Waals surface area (Å²) in [5, 5.41) is 6.23. The van der Waals surface area contributed by atoms with Crippen LogP contribution in [0.3, 0.4) is 0 Å². The van der Waals surface area contributed by atoms with Crippen LogP contribution in [0.2, 0.25) is 5.02 Å². The number of anilines is 1. The number of rotatable bonds is 6. The van der Waals surface area contributed by atoms with Gasteiger partial charge in [-0.1, -0.05) is 31.5 Å². The van der Waals surface area contributed by atoms with E-state index in [0.717, 1.165) is 6.42 Å². The molecule has 0 aliphatic heterocycles. The molecule has 2 amide bonds. The summed E-state index contributed by atoms with van der Waals surface area (Å²) < 4.78 is 1.63. The average molecular weight is 385 g/mol. The number of carbonyl (C=O) groups is 2. The lowest BCUT2D eigenvalue weighted by Crippen LogP contribution is -2.27. The number of hydrogen-bond acceptors (Lipinski definition) is 3. The van der Waals surface area contributed by atoms with Crippen molar-refractivity contribution in [2.75, 3.05) is 11.9 Å². The topological polar surface area (TPSA) is 75.5 Å². The second-order valence-corrected chi connectivity index (χ2v) is 7.08. The molecule has 0 unspecified atom stereocenters. The van der Waals surface area contributed by atoms with Crippen molar-refractivity contribution in [2.45, 2.75) is 20.3 Å². The summed E-state index contributed by atoms with van der Waals surface area (Å²) in [6.45, 7) is 4.75. The Morgan fingerprint density at radius 2 is 1.85 bits per heavy atom. The summed E-state index contributed by atoms with van der Waals surface area (Å²) in [6, 6.07) is 12.1. The number of nitrogens with one attached hydrogen (secondary N) is 2. The second-order valence-electron chi connectivity index (χ2n) is 6.64. The molecule has 27 heavy (non-hydrogen) atoms. The number of hydrogen-bond donors (Lipinski definition) is 2. The first-order valence-corrected chi connectivity index (χ1v) is 9.15. The monoisotopic (exact) mass is 384 g/mol. The molecule has 0 spiro atoms. The van der Waals surface area contributed by atoms with E-state index in [0.29, 0.717) is 28.7 Å². The summed E-state index contributed by atoms with van der Waals surface area (Å²) >= 11 is 5.87. The summed E-state index contributed by atoms with van der Waals surface area (Å²) in [5.74, 6) is -0.0108. The van der Waals surface area contributed by atoms with Gasteiger partial charge in [0.05, 0.1) is 5.52 Å². The normalized spacial score (nSPS) is 11.0. The van der Waals surface area contributed by atoms with Crippen molar-refractivity contribution in [2.24, 2.45) is 5.92 Å². The van der Waals surface area contributed by atoms with Gasteiger partial charge < -0.3 is 10.6 Å². The quantitative estimate of drug-likeness (QED) is 0.674. The zero-order chi connectivity index (χ0) is 19.4. The third kappa shape index (κ3) is 4.46. The highest BCUT2D eigenvalue weighted by atomic mass is 35.5. The van der Waals surface area contributed by atoms with Crippen molar-refractivity contribution < 1.29 is 9.59 Å². The van der Waals surface area contributed by atoms with E-state index in [-0.39, 0.29) is 23.3 Å². The summed E-state index contributed by atoms with van der Waals surface area (Å²) in [5.41, 5.74) is 1.36. The molecule has 6 nitrogen and oxygen atoms in total. The molecule has 1 aromatic carbocycles. The van der Waals surface area contributed by atoms with E-state index >= 15 is 0 Å². The fraction of sp³-hybridized carbons (Fsp3) is 0.250. The van der Waals surface area contributed by atoms with Crippen LogP contribution in [0.1, 0.15) is 41.4 Å². The lowest BCUT2D eigenvalue weighted by Gasteiger charge is -2.06. The zero-order valence-corrected chi connectivity index (χ0v) is 16.0. The van der Waals surface area contributed by atoms with Gasteiger partial charge in [0, 0.05) is 23.5 Å². The lowest BCUT2D eigenvalue weighted by atomic mass is 10.1. The van der Waals surface area contributed by atoms with Gasteiger partial charge >= 0.3 is 0 Å². The van der Waals surface area contributed by atoms with Gasteiger partial charge in [0.25, 0.3) is 11.8 Å². The van der Waals surface area contributed by atoms with Gasteiger partial charge in [0.1, 0.15) is 0 Å². The molecule has 0 atom stereocenters. The van der Waals surface area contributed by atoms with Crippen molar-refractivity contribution in [1.29, 1.82) is 0 Å². The Morgan fingerprint density at radius 3 is 2.56 bits per heavy atom. The molecule has 3 rings (SSSR count). The molecule has 0 fully saturated rings. The molecule has 2 heterocycles. The number of amides is 2. The zero-order valence-electron chi connectivity index (χ0n) is 15.2.